The van der Waals surface area contributed by atoms with Crippen molar-refractivity contribution >= 4 is 32.9 Å². The average molecular weight is 349 g/mol. The predicted octanol–water partition coefficient (Wildman–Crippen LogP) is 3.93. The van der Waals surface area contributed by atoms with E-state index < -0.39 is 5.97 Å². The van der Waals surface area contributed by atoms with E-state index in [0.29, 0.717) is 27.0 Å². The second kappa shape index (κ2) is 4.96. The fourth-order valence-corrected chi connectivity index (χ4v) is 2.88. The number of hydrogen-bond acceptors (Lipinski definition) is 2. The van der Waals surface area contributed by atoms with Crippen molar-refractivity contribution in [2.75, 3.05) is 0 Å². The number of carboxylic acid groups (broad SMARTS) is 1. The first kappa shape index (κ1) is 13.8. The standard InChI is InChI=1S/C15H10BrFN2O2/c1-8-18-14-10(15(20)21)3-2-4-13(14)19(8)12-6-5-9(17)7-11(12)16/h2-7H,1H3,(H,20,21). The Bertz CT molecular complexity index is 873. The quantitative estimate of drug-likeness (QED) is 0.763. The molecule has 6 heteroatoms. The van der Waals surface area contributed by atoms with E-state index in [0.717, 1.165) is 0 Å². The molecule has 0 spiro atoms. The Hall–Kier alpha value is -2.21. The molecule has 0 bridgehead atoms. The molecule has 0 saturated heterocycles. The van der Waals surface area contributed by atoms with Crippen molar-refractivity contribution in [2.24, 2.45) is 0 Å². The van der Waals surface area contributed by atoms with E-state index in [1.54, 1.807) is 29.7 Å². The van der Waals surface area contributed by atoms with Gasteiger partial charge in [0.1, 0.15) is 17.2 Å². The zero-order chi connectivity index (χ0) is 15.1. The number of aromatic carboxylic acids is 1. The first-order chi connectivity index (χ1) is 9.99. The normalized spacial score (nSPS) is 11.0. The zero-order valence-electron chi connectivity index (χ0n) is 11.0. The van der Waals surface area contributed by atoms with E-state index in [1.807, 2.05) is 0 Å². The summed E-state index contributed by atoms with van der Waals surface area (Å²) >= 11 is 3.33. The summed E-state index contributed by atoms with van der Waals surface area (Å²) in [5.41, 5.74) is 1.94. The van der Waals surface area contributed by atoms with Crippen LogP contribution in [0.25, 0.3) is 16.7 Å². The molecule has 21 heavy (non-hydrogen) atoms. The van der Waals surface area contributed by atoms with Crippen LogP contribution in [0, 0.1) is 12.7 Å². The van der Waals surface area contributed by atoms with Crippen LogP contribution in [-0.2, 0) is 0 Å². The highest BCUT2D eigenvalue weighted by Gasteiger charge is 2.17. The van der Waals surface area contributed by atoms with Crippen LogP contribution in [0.5, 0.6) is 0 Å². The average Bonchev–Trinajstić information content (AvgIpc) is 2.74. The number of aryl methyl sites for hydroxylation is 1. The zero-order valence-corrected chi connectivity index (χ0v) is 12.6. The summed E-state index contributed by atoms with van der Waals surface area (Å²) in [6.45, 7) is 1.78. The van der Waals surface area contributed by atoms with Crippen LogP contribution >= 0.6 is 15.9 Å². The van der Waals surface area contributed by atoms with Gasteiger partial charge in [0.15, 0.2) is 0 Å². The second-order valence-electron chi connectivity index (χ2n) is 4.57. The second-order valence-corrected chi connectivity index (χ2v) is 5.42. The minimum absolute atomic E-state index is 0.146. The van der Waals surface area contributed by atoms with Crippen LogP contribution in [-0.4, -0.2) is 20.6 Å². The van der Waals surface area contributed by atoms with E-state index in [-0.39, 0.29) is 11.4 Å². The molecule has 0 unspecified atom stereocenters. The van der Waals surface area contributed by atoms with E-state index in [1.165, 1.54) is 18.2 Å². The summed E-state index contributed by atoms with van der Waals surface area (Å²) in [5.74, 6) is -0.742. The SMILES string of the molecule is Cc1nc2c(C(=O)O)cccc2n1-c1ccc(F)cc1Br. The van der Waals surface area contributed by atoms with Crippen LogP contribution in [0.3, 0.4) is 0 Å². The number of hydrogen-bond donors (Lipinski definition) is 1. The first-order valence-electron chi connectivity index (χ1n) is 6.16. The Morgan fingerprint density at radius 3 is 2.76 bits per heavy atom. The number of imidazole rings is 1. The lowest BCUT2D eigenvalue weighted by Gasteiger charge is -2.09. The summed E-state index contributed by atoms with van der Waals surface area (Å²) in [4.78, 5) is 15.6. The molecule has 1 aromatic heterocycles. The van der Waals surface area contributed by atoms with E-state index >= 15 is 0 Å². The summed E-state index contributed by atoms with van der Waals surface area (Å²) in [6.07, 6.45) is 0. The molecule has 0 radical (unpaired) electrons. The smallest absolute Gasteiger partial charge is 0.337 e. The molecular weight excluding hydrogens is 339 g/mol. The number of rotatable bonds is 2. The lowest BCUT2D eigenvalue weighted by molar-refractivity contribution is 0.0699. The van der Waals surface area contributed by atoms with Crippen molar-refractivity contribution in [3.8, 4) is 5.69 Å². The van der Waals surface area contributed by atoms with Crippen molar-refractivity contribution < 1.29 is 14.3 Å². The third kappa shape index (κ3) is 2.21. The number of carboxylic acids is 1. The number of para-hydroxylation sites is 1. The van der Waals surface area contributed by atoms with Gasteiger partial charge in [-0.1, -0.05) is 6.07 Å². The van der Waals surface area contributed by atoms with E-state index in [4.69, 9.17) is 0 Å². The van der Waals surface area contributed by atoms with Gasteiger partial charge in [0.05, 0.1) is 16.8 Å². The van der Waals surface area contributed by atoms with Gasteiger partial charge in [-0.15, -0.1) is 0 Å². The molecule has 1 N–H and O–H groups in total. The lowest BCUT2D eigenvalue weighted by Crippen LogP contribution is -1.99. The molecule has 0 aliphatic heterocycles. The number of nitrogens with zero attached hydrogens (tertiary/aromatic N) is 2. The van der Waals surface area contributed by atoms with Crippen molar-refractivity contribution in [1.82, 2.24) is 9.55 Å². The maximum atomic E-state index is 13.2. The molecule has 0 fully saturated rings. The Balaban J connectivity index is 2.36. The minimum Gasteiger partial charge on any atom is -0.478 e. The molecule has 106 valence electrons. The molecule has 0 saturated carbocycles. The van der Waals surface area contributed by atoms with Crippen molar-refractivity contribution in [2.45, 2.75) is 6.92 Å². The molecule has 3 aromatic rings. The van der Waals surface area contributed by atoms with Gasteiger partial charge in [0.25, 0.3) is 0 Å². The summed E-state index contributed by atoms with van der Waals surface area (Å²) in [7, 11) is 0. The van der Waals surface area contributed by atoms with Crippen LogP contribution in [0.1, 0.15) is 16.2 Å². The van der Waals surface area contributed by atoms with E-state index in [2.05, 4.69) is 20.9 Å². The molecular formula is C15H10BrFN2O2. The van der Waals surface area contributed by atoms with Crippen LogP contribution < -0.4 is 0 Å². The van der Waals surface area contributed by atoms with Crippen molar-refractivity contribution in [3.63, 3.8) is 0 Å². The maximum absolute atomic E-state index is 13.2. The third-order valence-corrected chi connectivity index (χ3v) is 3.87. The highest BCUT2D eigenvalue weighted by atomic mass is 79.9. The number of benzene rings is 2. The number of halogens is 2. The molecule has 1 heterocycles. The maximum Gasteiger partial charge on any atom is 0.337 e. The summed E-state index contributed by atoms with van der Waals surface area (Å²) in [5, 5.41) is 9.24. The van der Waals surface area contributed by atoms with Crippen molar-refractivity contribution in [1.29, 1.82) is 0 Å². The highest BCUT2D eigenvalue weighted by molar-refractivity contribution is 9.10. The van der Waals surface area contributed by atoms with Gasteiger partial charge in [-0.2, -0.15) is 0 Å². The topological polar surface area (TPSA) is 55.1 Å². The van der Waals surface area contributed by atoms with E-state index in [9.17, 15) is 14.3 Å². The van der Waals surface area contributed by atoms with Gasteiger partial charge in [-0.05, 0) is 53.2 Å². The van der Waals surface area contributed by atoms with Gasteiger partial charge in [0, 0.05) is 4.47 Å². The summed E-state index contributed by atoms with van der Waals surface area (Å²) in [6, 6.07) is 9.31. The van der Waals surface area contributed by atoms with Crippen molar-refractivity contribution in [3.05, 3.63) is 58.1 Å². The number of fused-ring (bicyclic) bond motifs is 1. The fourth-order valence-electron chi connectivity index (χ4n) is 2.35. The largest absolute Gasteiger partial charge is 0.478 e. The van der Waals surface area contributed by atoms with Gasteiger partial charge < -0.3 is 5.11 Å². The Morgan fingerprint density at radius 2 is 2.10 bits per heavy atom. The number of aromatic nitrogens is 2. The lowest BCUT2D eigenvalue weighted by atomic mass is 10.2. The van der Waals surface area contributed by atoms with Crippen LogP contribution in [0.2, 0.25) is 0 Å². The summed E-state index contributed by atoms with van der Waals surface area (Å²) < 4.78 is 15.6. The molecule has 0 aliphatic carbocycles. The first-order valence-corrected chi connectivity index (χ1v) is 6.95. The Morgan fingerprint density at radius 1 is 1.33 bits per heavy atom. The van der Waals surface area contributed by atoms with Gasteiger partial charge in [0.2, 0.25) is 0 Å². The molecule has 2 aromatic carbocycles. The predicted molar refractivity (Wildman–Crippen MR) is 80.4 cm³/mol. The third-order valence-electron chi connectivity index (χ3n) is 3.23. The van der Waals surface area contributed by atoms with Gasteiger partial charge in [-0.3, -0.25) is 4.57 Å². The van der Waals surface area contributed by atoms with Gasteiger partial charge >= 0.3 is 5.97 Å². The molecule has 0 atom stereocenters. The monoisotopic (exact) mass is 348 g/mol. The minimum atomic E-state index is -1.02. The number of carbonyl (C=O) groups is 1. The highest BCUT2D eigenvalue weighted by Crippen LogP contribution is 2.29. The molecule has 0 amide bonds. The van der Waals surface area contributed by atoms with Gasteiger partial charge in [-0.25, -0.2) is 14.2 Å². The molecule has 4 nitrogen and oxygen atoms in total. The van der Waals surface area contributed by atoms with Crippen LogP contribution in [0.4, 0.5) is 4.39 Å². The Labute approximate surface area is 128 Å². The van der Waals surface area contributed by atoms with Crippen LogP contribution in [0.15, 0.2) is 40.9 Å². The fraction of sp³-hybridized carbons (Fsp3) is 0.0667. The molecule has 3 rings (SSSR count). The molecule has 0 aliphatic rings. The Kier molecular flexibility index (Phi) is 3.25.